The minimum absolute atomic E-state index is 0.0340. The summed E-state index contributed by atoms with van der Waals surface area (Å²) in [5.74, 6) is 0.169. The summed E-state index contributed by atoms with van der Waals surface area (Å²) in [6.45, 7) is 3.65. The summed E-state index contributed by atoms with van der Waals surface area (Å²) in [5.41, 5.74) is 0. The van der Waals surface area contributed by atoms with Crippen LogP contribution in [0.15, 0.2) is 0 Å². The monoisotopic (exact) mass is 245 g/mol. The van der Waals surface area contributed by atoms with Gasteiger partial charge in [0, 0.05) is 5.92 Å². The molecule has 0 bridgehead atoms. The average Bonchev–Trinajstić information content (AvgIpc) is 3.05. The van der Waals surface area contributed by atoms with Gasteiger partial charge in [0.15, 0.2) is 5.78 Å². The Hall–Kier alpha value is -0.420. The summed E-state index contributed by atoms with van der Waals surface area (Å²) in [6, 6.07) is -0.467. The van der Waals surface area contributed by atoms with Crippen molar-refractivity contribution >= 4 is 15.8 Å². The highest BCUT2D eigenvalue weighted by molar-refractivity contribution is 7.90. The fourth-order valence-electron chi connectivity index (χ4n) is 1.83. The Bertz CT molecular complexity index is 380. The van der Waals surface area contributed by atoms with Crippen molar-refractivity contribution in [2.75, 3.05) is 0 Å². The average molecular weight is 245 g/mol. The van der Waals surface area contributed by atoms with Gasteiger partial charge in [0.05, 0.1) is 11.3 Å². The Balaban J connectivity index is 2.05. The number of ketones is 1. The van der Waals surface area contributed by atoms with E-state index in [2.05, 4.69) is 4.72 Å². The van der Waals surface area contributed by atoms with Crippen LogP contribution < -0.4 is 4.72 Å². The van der Waals surface area contributed by atoms with E-state index < -0.39 is 16.1 Å². The van der Waals surface area contributed by atoms with Crippen molar-refractivity contribution < 1.29 is 13.2 Å². The minimum atomic E-state index is -3.24. The number of hydrogen-bond donors (Lipinski definition) is 1. The second kappa shape index (κ2) is 4.11. The van der Waals surface area contributed by atoms with E-state index in [4.69, 9.17) is 0 Å². The molecule has 0 amide bonds. The molecule has 2 aliphatic carbocycles. The molecule has 0 heterocycles. The van der Waals surface area contributed by atoms with Gasteiger partial charge in [0.2, 0.25) is 10.0 Å². The highest BCUT2D eigenvalue weighted by atomic mass is 32.2. The first-order chi connectivity index (χ1) is 7.42. The van der Waals surface area contributed by atoms with E-state index >= 15 is 0 Å². The molecule has 0 radical (unpaired) electrons. The zero-order valence-electron chi connectivity index (χ0n) is 9.77. The zero-order valence-corrected chi connectivity index (χ0v) is 10.6. The molecule has 1 atom stereocenters. The Kier molecular flexibility index (Phi) is 3.09. The van der Waals surface area contributed by atoms with E-state index in [1.54, 1.807) is 0 Å². The lowest BCUT2D eigenvalue weighted by Crippen LogP contribution is -2.45. The molecule has 4 nitrogen and oxygen atoms in total. The first kappa shape index (κ1) is 12.0. The zero-order chi connectivity index (χ0) is 11.9. The molecule has 5 heteroatoms. The number of Topliss-reactive ketones (excluding diaryl/α,β-unsaturated/α-hetero) is 1. The van der Waals surface area contributed by atoms with Crippen LogP contribution in [-0.4, -0.2) is 25.5 Å². The maximum absolute atomic E-state index is 11.9. The van der Waals surface area contributed by atoms with Gasteiger partial charge in [0.25, 0.3) is 0 Å². The Labute approximate surface area is 96.8 Å². The van der Waals surface area contributed by atoms with Gasteiger partial charge in [0.1, 0.15) is 0 Å². The maximum atomic E-state index is 11.9. The van der Waals surface area contributed by atoms with Crippen LogP contribution in [-0.2, 0) is 14.8 Å². The highest BCUT2D eigenvalue weighted by Crippen LogP contribution is 2.36. The standard InChI is InChI=1S/C11H19NO3S/c1-7(2)11(13)10(8-3-4-8)12-16(14,15)9-5-6-9/h7-10,12H,3-6H2,1-2H3. The molecule has 1 unspecified atom stereocenters. The quantitative estimate of drug-likeness (QED) is 0.761. The molecule has 1 N–H and O–H groups in total. The van der Waals surface area contributed by atoms with Crippen LogP contribution in [0.5, 0.6) is 0 Å². The topological polar surface area (TPSA) is 63.2 Å². The van der Waals surface area contributed by atoms with Gasteiger partial charge in [-0.3, -0.25) is 4.79 Å². The van der Waals surface area contributed by atoms with Crippen LogP contribution in [0.1, 0.15) is 39.5 Å². The lowest BCUT2D eigenvalue weighted by Gasteiger charge is -2.18. The smallest absolute Gasteiger partial charge is 0.215 e. The number of rotatable bonds is 6. The van der Waals surface area contributed by atoms with Gasteiger partial charge in [-0.2, -0.15) is 0 Å². The van der Waals surface area contributed by atoms with Crippen LogP contribution in [0.2, 0.25) is 0 Å². The van der Waals surface area contributed by atoms with Crippen molar-refractivity contribution in [2.45, 2.75) is 50.8 Å². The van der Waals surface area contributed by atoms with E-state index in [0.717, 1.165) is 25.7 Å². The van der Waals surface area contributed by atoms with E-state index in [-0.39, 0.29) is 22.9 Å². The van der Waals surface area contributed by atoms with Crippen molar-refractivity contribution in [3.8, 4) is 0 Å². The van der Waals surface area contributed by atoms with Gasteiger partial charge in [-0.05, 0) is 31.6 Å². The predicted molar refractivity (Wildman–Crippen MR) is 61.4 cm³/mol. The van der Waals surface area contributed by atoms with E-state index in [0.29, 0.717) is 0 Å². The van der Waals surface area contributed by atoms with Crippen LogP contribution >= 0.6 is 0 Å². The Morgan fingerprint density at radius 1 is 1.19 bits per heavy atom. The predicted octanol–water partition coefficient (Wildman–Crippen LogP) is 1.07. The van der Waals surface area contributed by atoms with Crippen LogP contribution in [0.4, 0.5) is 0 Å². The van der Waals surface area contributed by atoms with Gasteiger partial charge < -0.3 is 0 Å². The summed E-state index contributed by atoms with van der Waals surface area (Å²) in [4.78, 5) is 11.9. The third-order valence-corrected chi connectivity index (χ3v) is 5.15. The Morgan fingerprint density at radius 2 is 1.75 bits per heavy atom. The van der Waals surface area contributed by atoms with E-state index in [9.17, 15) is 13.2 Å². The molecular formula is C11H19NO3S. The fourth-order valence-corrected chi connectivity index (χ4v) is 3.44. The second-order valence-corrected chi connectivity index (χ2v) is 7.23. The third kappa shape index (κ3) is 2.63. The summed E-state index contributed by atoms with van der Waals surface area (Å²) in [5, 5.41) is -0.242. The summed E-state index contributed by atoms with van der Waals surface area (Å²) in [7, 11) is -3.24. The number of carbonyl (C=O) groups is 1. The molecule has 0 saturated heterocycles. The molecule has 0 aliphatic heterocycles. The Morgan fingerprint density at radius 3 is 2.12 bits per heavy atom. The molecule has 0 aromatic rings. The molecule has 0 aromatic heterocycles. The maximum Gasteiger partial charge on any atom is 0.215 e. The first-order valence-electron chi connectivity index (χ1n) is 5.96. The van der Waals surface area contributed by atoms with Crippen molar-refractivity contribution in [3.63, 3.8) is 0 Å². The van der Waals surface area contributed by atoms with Gasteiger partial charge in [-0.1, -0.05) is 13.8 Å². The van der Waals surface area contributed by atoms with Crippen LogP contribution in [0.3, 0.4) is 0 Å². The van der Waals surface area contributed by atoms with Crippen molar-refractivity contribution in [1.29, 1.82) is 0 Å². The molecule has 2 rings (SSSR count). The number of nitrogens with one attached hydrogen (secondary N) is 1. The second-order valence-electron chi connectivity index (χ2n) is 5.23. The van der Waals surface area contributed by atoms with Crippen molar-refractivity contribution in [3.05, 3.63) is 0 Å². The van der Waals surface area contributed by atoms with Gasteiger partial charge >= 0.3 is 0 Å². The molecule has 0 aromatic carbocycles. The van der Waals surface area contributed by atoms with Crippen LogP contribution in [0, 0.1) is 11.8 Å². The molecule has 2 fully saturated rings. The normalized spacial score (nSPS) is 23.4. The van der Waals surface area contributed by atoms with Gasteiger partial charge in [-0.15, -0.1) is 0 Å². The first-order valence-corrected chi connectivity index (χ1v) is 7.51. The van der Waals surface area contributed by atoms with E-state index in [1.807, 2.05) is 13.8 Å². The highest BCUT2D eigenvalue weighted by Gasteiger charge is 2.43. The minimum Gasteiger partial charge on any atom is -0.298 e. The van der Waals surface area contributed by atoms with Crippen molar-refractivity contribution in [1.82, 2.24) is 4.72 Å². The van der Waals surface area contributed by atoms with Gasteiger partial charge in [-0.25, -0.2) is 13.1 Å². The molecule has 2 saturated carbocycles. The molecule has 2 aliphatic rings. The summed E-state index contributed by atoms with van der Waals surface area (Å²) in [6.07, 6.45) is 3.41. The SMILES string of the molecule is CC(C)C(=O)C(NS(=O)(=O)C1CC1)C1CC1. The van der Waals surface area contributed by atoms with Crippen LogP contribution in [0.25, 0.3) is 0 Å². The number of carbonyl (C=O) groups excluding carboxylic acids is 1. The van der Waals surface area contributed by atoms with E-state index in [1.165, 1.54) is 0 Å². The largest absolute Gasteiger partial charge is 0.298 e. The lowest BCUT2D eigenvalue weighted by atomic mass is 9.99. The third-order valence-electron chi connectivity index (χ3n) is 3.22. The summed E-state index contributed by atoms with van der Waals surface area (Å²) < 4.78 is 26.2. The van der Waals surface area contributed by atoms with Crippen molar-refractivity contribution in [2.24, 2.45) is 11.8 Å². The lowest BCUT2D eigenvalue weighted by molar-refractivity contribution is -0.124. The number of hydrogen-bond acceptors (Lipinski definition) is 3. The molecular weight excluding hydrogens is 226 g/mol. The molecule has 0 spiro atoms. The summed E-state index contributed by atoms with van der Waals surface area (Å²) >= 11 is 0. The molecule has 16 heavy (non-hydrogen) atoms. The fraction of sp³-hybridized carbons (Fsp3) is 0.909. The molecule has 92 valence electrons. The number of sulfonamides is 1.